The minimum Gasteiger partial charge on any atom is -0.372 e. The molecule has 2 aliphatic rings. The molecular weight excluding hydrogens is 346 g/mol. The highest BCUT2D eigenvalue weighted by Crippen LogP contribution is 2.53. The summed E-state index contributed by atoms with van der Waals surface area (Å²) in [6.45, 7) is 3.91. The summed E-state index contributed by atoms with van der Waals surface area (Å²) in [4.78, 5) is 21.8. The van der Waals surface area contributed by atoms with E-state index in [1.54, 1.807) is 18.2 Å². The zero-order valence-electron chi connectivity index (χ0n) is 15.0. The fraction of sp³-hybridized carbons (Fsp3) is 0.300. The van der Waals surface area contributed by atoms with E-state index >= 15 is 0 Å². The molecule has 1 heterocycles. The van der Waals surface area contributed by atoms with E-state index in [0.29, 0.717) is 5.69 Å². The molecule has 2 unspecified atom stereocenters. The van der Waals surface area contributed by atoms with Crippen molar-refractivity contribution in [1.29, 1.82) is 0 Å². The Morgan fingerprint density at radius 1 is 1.07 bits per heavy atom. The summed E-state index contributed by atoms with van der Waals surface area (Å²) < 4.78 is 0. The van der Waals surface area contributed by atoms with Gasteiger partial charge in [-0.15, -0.1) is 0 Å². The second-order valence-corrected chi connectivity index (χ2v) is 7.21. The van der Waals surface area contributed by atoms with E-state index in [-0.39, 0.29) is 34.2 Å². The number of nitro groups is 2. The molecule has 3 atom stereocenters. The van der Waals surface area contributed by atoms with Crippen LogP contribution in [0.3, 0.4) is 0 Å². The maximum absolute atomic E-state index is 11.7. The van der Waals surface area contributed by atoms with Crippen LogP contribution in [0.15, 0.2) is 42.5 Å². The van der Waals surface area contributed by atoms with E-state index in [2.05, 4.69) is 17.5 Å². The number of hydrogen-bond acceptors (Lipinski definition) is 5. The molecule has 0 saturated carbocycles. The molecule has 0 bridgehead atoms. The molecule has 2 aromatic rings. The Bertz CT molecular complexity index is 982. The summed E-state index contributed by atoms with van der Waals surface area (Å²) in [7, 11) is 0. The quantitative estimate of drug-likeness (QED) is 0.471. The van der Waals surface area contributed by atoms with Crippen LogP contribution in [0.2, 0.25) is 0 Å². The van der Waals surface area contributed by atoms with Crippen LogP contribution in [0.4, 0.5) is 17.1 Å². The Kier molecular flexibility index (Phi) is 3.95. The lowest BCUT2D eigenvalue weighted by molar-refractivity contribution is -0.384. The van der Waals surface area contributed by atoms with Crippen LogP contribution in [0.5, 0.6) is 0 Å². The van der Waals surface area contributed by atoms with Crippen LogP contribution >= 0.6 is 0 Å². The van der Waals surface area contributed by atoms with Crippen molar-refractivity contribution in [2.24, 2.45) is 5.92 Å². The first-order valence-corrected chi connectivity index (χ1v) is 8.84. The Morgan fingerprint density at radius 2 is 1.78 bits per heavy atom. The van der Waals surface area contributed by atoms with E-state index in [9.17, 15) is 20.2 Å². The molecule has 138 valence electrons. The summed E-state index contributed by atoms with van der Waals surface area (Å²) in [6.07, 6.45) is 5.12. The summed E-state index contributed by atoms with van der Waals surface area (Å²) >= 11 is 0. The van der Waals surface area contributed by atoms with Gasteiger partial charge in [0.25, 0.3) is 11.4 Å². The molecule has 0 aromatic heterocycles. The van der Waals surface area contributed by atoms with Gasteiger partial charge in [-0.1, -0.05) is 24.3 Å². The lowest BCUT2D eigenvalue weighted by Gasteiger charge is -2.38. The third-order valence-electron chi connectivity index (χ3n) is 5.81. The smallest absolute Gasteiger partial charge is 0.292 e. The maximum atomic E-state index is 11.7. The average molecular weight is 365 g/mol. The largest absolute Gasteiger partial charge is 0.372 e. The van der Waals surface area contributed by atoms with Gasteiger partial charge in [0.15, 0.2) is 0 Å². The van der Waals surface area contributed by atoms with Crippen molar-refractivity contribution < 1.29 is 9.85 Å². The first-order chi connectivity index (χ1) is 12.9. The summed E-state index contributed by atoms with van der Waals surface area (Å²) in [5.41, 5.74) is 4.57. The van der Waals surface area contributed by atoms with E-state index in [1.807, 2.05) is 13.8 Å². The van der Waals surface area contributed by atoms with E-state index in [0.717, 1.165) is 28.7 Å². The first kappa shape index (κ1) is 17.2. The highest BCUT2D eigenvalue weighted by Gasteiger charge is 2.41. The number of allylic oxidation sites excluding steroid dienone is 2. The van der Waals surface area contributed by atoms with Crippen LogP contribution in [-0.2, 0) is 0 Å². The SMILES string of the molecule is Cc1cc([N+](=O)[O-])c2c(c1C)C1C=CCC1[C@@H](c1ccc([N+](=O)[O-])cc1)N2. The van der Waals surface area contributed by atoms with E-state index in [4.69, 9.17) is 0 Å². The molecule has 1 aliphatic heterocycles. The number of hydrogen-bond donors (Lipinski definition) is 1. The minimum absolute atomic E-state index is 0.0357. The molecule has 1 aliphatic carbocycles. The van der Waals surface area contributed by atoms with Gasteiger partial charge in [0.1, 0.15) is 5.69 Å². The van der Waals surface area contributed by atoms with Crippen LogP contribution < -0.4 is 5.32 Å². The highest BCUT2D eigenvalue weighted by molar-refractivity contribution is 5.74. The predicted molar refractivity (Wildman–Crippen MR) is 102 cm³/mol. The fourth-order valence-corrected chi connectivity index (χ4v) is 4.36. The number of nitrogens with one attached hydrogen (secondary N) is 1. The van der Waals surface area contributed by atoms with Crippen LogP contribution in [-0.4, -0.2) is 9.85 Å². The molecule has 1 N–H and O–H groups in total. The highest BCUT2D eigenvalue weighted by atomic mass is 16.6. The second kappa shape index (κ2) is 6.19. The van der Waals surface area contributed by atoms with Crippen molar-refractivity contribution in [2.75, 3.05) is 5.32 Å². The first-order valence-electron chi connectivity index (χ1n) is 8.84. The van der Waals surface area contributed by atoms with Crippen molar-refractivity contribution >= 4 is 17.1 Å². The third kappa shape index (κ3) is 2.66. The number of nitrogens with zero attached hydrogens (tertiary/aromatic N) is 2. The molecule has 0 fully saturated rings. The normalized spacial score (nSPS) is 22.7. The van der Waals surface area contributed by atoms with Crippen LogP contribution in [0.25, 0.3) is 0 Å². The molecule has 2 aromatic carbocycles. The van der Waals surface area contributed by atoms with Gasteiger partial charge in [-0.2, -0.15) is 0 Å². The predicted octanol–water partition coefficient (Wildman–Crippen LogP) is 4.95. The molecule has 0 spiro atoms. The van der Waals surface area contributed by atoms with Gasteiger partial charge in [0.05, 0.1) is 15.9 Å². The van der Waals surface area contributed by atoms with E-state index < -0.39 is 4.92 Å². The number of benzene rings is 2. The molecule has 7 nitrogen and oxygen atoms in total. The Hall–Kier alpha value is -3.22. The van der Waals surface area contributed by atoms with Crippen LogP contribution in [0.1, 0.15) is 40.6 Å². The standard InChI is InChI=1S/C20H19N3O4/c1-11-10-17(23(26)27)20-18(12(11)2)15-4-3-5-16(15)19(21-20)13-6-8-14(9-7-13)22(24)25/h3-4,6-10,15-16,19,21H,5H2,1-2H3/t15?,16?,19-/m1/s1. The monoisotopic (exact) mass is 365 g/mol. The second-order valence-electron chi connectivity index (χ2n) is 7.21. The zero-order chi connectivity index (χ0) is 19.3. The maximum Gasteiger partial charge on any atom is 0.292 e. The molecular formula is C20H19N3O4. The van der Waals surface area contributed by atoms with Crippen LogP contribution in [0, 0.1) is 40.0 Å². The molecule has 27 heavy (non-hydrogen) atoms. The van der Waals surface area contributed by atoms with E-state index in [1.165, 1.54) is 12.1 Å². The summed E-state index contributed by atoms with van der Waals surface area (Å²) in [5.74, 6) is 0.319. The number of nitro benzene ring substituents is 2. The topological polar surface area (TPSA) is 98.3 Å². The summed E-state index contributed by atoms with van der Waals surface area (Å²) in [6, 6.07) is 7.93. The number of non-ortho nitro benzene ring substituents is 1. The Labute approximate surface area is 156 Å². The number of rotatable bonds is 3. The molecule has 0 saturated heterocycles. The van der Waals surface area contributed by atoms with Crippen molar-refractivity contribution in [3.8, 4) is 0 Å². The van der Waals surface area contributed by atoms with Gasteiger partial charge >= 0.3 is 0 Å². The van der Waals surface area contributed by atoms with Crippen molar-refractivity contribution in [1.82, 2.24) is 0 Å². The average Bonchev–Trinajstić information content (AvgIpc) is 3.13. The third-order valence-corrected chi connectivity index (χ3v) is 5.81. The van der Waals surface area contributed by atoms with Gasteiger partial charge in [0, 0.05) is 24.1 Å². The van der Waals surface area contributed by atoms with Crippen molar-refractivity contribution in [3.05, 3.63) is 85.0 Å². The summed E-state index contributed by atoms with van der Waals surface area (Å²) in [5, 5.41) is 26.0. The molecule has 0 amide bonds. The van der Waals surface area contributed by atoms with Gasteiger partial charge in [-0.3, -0.25) is 20.2 Å². The Balaban J connectivity index is 1.85. The van der Waals surface area contributed by atoms with Crippen molar-refractivity contribution in [3.63, 3.8) is 0 Å². The van der Waals surface area contributed by atoms with Gasteiger partial charge < -0.3 is 5.32 Å². The zero-order valence-corrected chi connectivity index (χ0v) is 15.0. The van der Waals surface area contributed by atoms with Gasteiger partial charge in [0.2, 0.25) is 0 Å². The Morgan fingerprint density at radius 3 is 2.41 bits per heavy atom. The molecule has 0 radical (unpaired) electrons. The molecule has 7 heteroatoms. The number of anilines is 1. The number of aryl methyl sites for hydroxylation is 1. The van der Waals surface area contributed by atoms with Gasteiger partial charge in [-0.25, -0.2) is 0 Å². The lowest BCUT2D eigenvalue weighted by atomic mass is 9.74. The van der Waals surface area contributed by atoms with Gasteiger partial charge in [-0.05, 0) is 48.4 Å². The minimum atomic E-state index is -0.426. The molecule has 4 rings (SSSR count). The van der Waals surface area contributed by atoms with Crippen molar-refractivity contribution in [2.45, 2.75) is 32.2 Å². The number of fused-ring (bicyclic) bond motifs is 3. The fourth-order valence-electron chi connectivity index (χ4n) is 4.36. The lowest BCUT2D eigenvalue weighted by Crippen LogP contribution is -2.30.